The zero-order valence-electron chi connectivity index (χ0n) is 16.1. The number of aliphatic hydroxyl groups excluding tert-OH is 1. The van der Waals surface area contributed by atoms with Crippen LogP contribution in [0.1, 0.15) is 30.1 Å². The molecular weight excluding hydrogens is 392 g/mol. The van der Waals surface area contributed by atoms with Crippen molar-refractivity contribution in [2.24, 2.45) is 0 Å². The van der Waals surface area contributed by atoms with Crippen molar-refractivity contribution in [3.63, 3.8) is 0 Å². The van der Waals surface area contributed by atoms with Gasteiger partial charge in [0, 0.05) is 24.7 Å². The molecule has 8 nitrogen and oxygen atoms in total. The van der Waals surface area contributed by atoms with Crippen LogP contribution in [0.4, 0.5) is 0 Å². The minimum absolute atomic E-state index is 0.117. The number of aromatic nitrogens is 3. The molecule has 0 bridgehead atoms. The standard InChI is InChI=1S/C20H24N4O4S/c1-23(29(26,27)28)18-11-15(12-19(18)25)24-10-9-16-17(21-13-22-20(16)24)8-7-14-5-3-2-4-6-14/h2-6,9-10,13,15,18-19,25H,7-8,11-12H2,1H3,(H,26,27,28)/t15-,18+,19+/m1/s1. The van der Waals surface area contributed by atoms with Gasteiger partial charge in [0.1, 0.15) is 12.0 Å². The summed E-state index contributed by atoms with van der Waals surface area (Å²) in [4.78, 5) is 8.89. The minimum Gasteiger partial charge on any atom is -0.391 e. The molecule has 1 saturated carbocycles. The quantitative estimate of drug-likeness (QED) is 0.595. The second kappa shape index (κ2) is 7.83. The molecule has 3 aromatic rings. The number of nitrogens with zero attached hydrogens (tertiary/aromatic N) is 4. The molecule has 3 atom stereocenters. The Kier molecular flexibility index (Phi) is 5.39. The Balaban J connectivity index is 1.57. The SMILES string of the molecule is CN([C@H]1C[C@@H](n2ccc3c(CCc4ccccc4)ncnc32)C[C@@H]1O)S(=O)(=O)O. The van der Waals surface area contributed by atoms with E-state index < -0.39 is 22.4 Å². The molecule has 9 heteroatoms. The molecule has 2 aromatic heterocycles. The Morgan fingerprint density at radius 3 is 2.62 bits per heavy atom. The minimum atomic E-state index is -4.36. The number of hydrogen-bond donors (Lipinski definition) is 2. The van der Waals surface area contributed by atoms with Gasteiger partial charge < -0.3 is 9.67 Å². The first kappa shape index (κ1) is 20.0. The molecule has 4 rings (SSSR count). The fourth-order valence-electron chi connectivity index (χ4n) is 4.18. The first-order chi connectivity index (χ1) is 13.8. The lowest BCUT2D eigenvalue weighted by Crippen LogP contribution is -2.41. The van der Waals surface area contributed by atoms with Gasteiger partial charge >= 0.3 is 10.3 Å². The van der Waals surface area contributed by atoms with Crippen molar-refractivity contribution in [1.29, 1.82) is 0 Å². The summed E-state index contributed by atoms with van der Waals surface area (Å²) in [6.45, 7) is 0. The lowest BCUT2D eigenvalue weighted by atomic mass is 10.1. The topological polar surface area (TPSA) is 109 Å². The molecule has 0 unspecified atom stereocenters. The highest BCUT2D eigenvalue weighted by molar-refractivity contribution is 7.83. The highest BCUT2D eigenvalue weighted by Crippen LogP contribution is 2.36. The largest absolute Gasteiger partial charge is 0.391 e. The summed E-state index contributed by atoms with van der Waals surface area (Å²) in [5.41, 5.74) is 2.98. The maximum atomic E-state index is 11.4. The van der Waals surface area contributed by atoms with E-state index in [9.17, 15) is 18.1 Å². The van der Waals surface area contributed by atoms with Gasteiger partial charge in [-0.3, -0.25) is 4.55 Å². The van der Waals surface area contributed by atoms with Crippen LogP contribution in [0, 0.1) is 0 Å². The first-order valence-electron chi connectivity index (χ1n) is 9.57. The Morgan fingerprint density at radius 1 is 1.14 bits per heavy atom. The van der Waals surface area contributed by atoms with Crippen molar-refractivity contribution < 1.29 is 18.1 Å². The van der Waals surface area contributed by atoms with Gasteiger partial charge in [0.05, 0.1) is 17.8 Å². The summed E-state index contributed by atoms with van der Waals surface area (Å²) >= 11 is 0. The van der Waals surface area contributed by atoms with Crippen molar-refractivity contribution in [2.45, 2.75) is 43.9 Å². The van der Waals surface area contributed by atoms with Gasteiger partial charge in [-0.15, -0.1) is 0 Å². The lowest BCUT2D eigenvalue weighted by molar-refractivity contribution is 0.117. The van der Waals surface area contributed by atoms with E-state index in [0.717, 1.165) is 33.9 Å². The normalized spacial score (nSPS) is 22.6. The van der Waals surface area contributed by atoms with Crippen LogP contribution in [-0.2, 0) is 23.1 Å². The average Bonchev–Trinajstić information content (AvgIpc) is 3.29. The number of hydrogen-bond acceptors (Lipinski definition) is 5. The summed E-state index contributed by atoms with van der Waals surface area (Å²) in [6.07, 6.45) is 5.05. The monoisotopic (exact) mass is 416 g/mol. The number of aryl methyl sites for hydroxylation is 2. The van der Waals surface area contributed by atoms with E-state index in [-0.39, 0.29) is 6.04 Å². The molecule has 1 aliphatic rings. The van der Waals surface area contributed by atoms with Crippen molar-refractivity contribution >= 4 is 21.3 Å². The van der Waals surface area contributed by atoms with Crippen molar-refractivity contribution in [1.82, 2.24) is 18.8 Å². The van der Waals surface area contributed by atoms with Gasteiger partial charge in [-0.05, 0) is 37.3 Å². The summed E-state index contributed by atoms with van der Waals surface area (Å²) in [5, 5.41) is 11.3. The van der Waals surface area contributed by atoms with Crippen molar-refractivity contribution in [2.75, 3.05) is 7.05 Å². The third-order valence-corrected chi connectivity index (χ3v) is 6.78. The number of aliphatic hydroxyl groups is 1. The van der Waals surface area contributed by atoms with Gasteiger partial charge in [0.25, 0.3) is 0 Å². The lowest BCUT2D eigenvalue weighted by Gasteiger charge is -2.23. The summed E-state index contributed by atoms with van der Waals surface area (Å²) in [7, 11) is -3.07. The predicted octanol–water partition coefficient (Wildman–Crippen LogP) is 2.02. The molecule has 0 radical (unpaired) electrons. The molecule has 0 saturated heterocycles. The number of benzene rings is 1. The Hall–Kier alpha value is -2.33. The second-order valence-corrected chi connectivity index (χ2v) is 8.99. The van der Waals surface area contributed by atoms with Crippen LogP contribution in [-0.4, -0.2) is 56.1 Å². The van der Waals surface area contributed by atoms with E-state index in [1.54, 1.807) is 6.33 Å². The van der Waals surface area contributed by atoms with E-state index in [0.29, 0.717) is 12.8 Å². The maximum Gasteiger partial charge on any atom is 0.335 e. The second-order valence-electron chi connectivity index (χ2n) is 7.52. The molecule has 2 heterocycles. The van der Waals surface area contributed by atoms with E-state index in [2.05, 4.69) is 22.1 Å². The smallest absolute Gasteiger partial charge is 0.335 e. The van der Waals surface area contributed by atoms with E-state index in [4.69, 9.17) is 0 Å². The number of likely N-dealkylation sites (N-methyl/N-ethyl adjacent to an activating group) is 1. The van der Waals surface area contributed by atoms with E-state index >= 15 is 0 Å². The molecule has 1 aromatic carbocycles. The average molecular weight is 417 g/mol. The van der Waals surface area contributed by atoms with Gasteiger partial charge in [0.15, 0.2) is 0 Å². The number of fused-ring (bicyclic) bond motifs is 1. The van der Waals surface area contributed by atoms with Crippen molar-refractivity contribution in [3.05, 3.63) is 60.2 Å². The van der Waals surface area contributed by atoms with E-state index in [1.807, 2.05) is 35.0 Å². The van der Waals surface area contributed by atoms with Crippen LogP contribution in [0.15, 0.2) is 48.9 Å². The van der Waals surface area contributed by atoms with E-state index in [1.165, 1.54) is 12.6 Å². The van der Waals surface area contributed by atoms with Gasteiger partial charge in [-0.25, -0.2) is 9.97 Å². The van der Waals surface area contributed by atoms with Crippen molar-refractivity contribution in [3.8, 4) is 0 Å². The molecule has 29 heavy (non-hydrogen) atoms. The van der Waals surface area contributed by atoms with Crippen LogP contribution >= 0.6 is 0 Å². The molecular formula is C20H24N4O4S. The molecule has 1 aliphatic carbocycles. The zero-order chi connectivity index (χ0) is 20.6. The molecule has 0 aliphatic heterocycles. The van der Waals surface area contributed by atoms with Gasteiger partial charge in [-0.2, -0.15) is 12.7 Å². The third kappa shape index (κ3) is 4.04. The molecule has 2 N–H and O–H groups in total. The van der Waals surface area contributed by atoms with Gasteiger partial charge in [0.2, 0.25) is 0 Å². The molecule has 0 spiro atoms. The molecule has 0 amide bonds. The van der Waals surface area contributed by atoms with Crippen LogP contribution in [0.3, 0.4) is 0 Å². The summed E-state index contributed by atoms with van der Waals surface area (Å²) in [6, 6.07) is 11.4. The molecule has 1 fully saturated rings. The Labute approximate surface area is 169 Å². The fourth-order valence-corrected chi connectivity index (χ4v) is 4.75. The highest BCUT2D eigenvalue weighted by atomic mass is 32.2. The fraction of sp³-hybridized carbons (Fsp3) is 0.400. The van der Waals surface area contributed by atoms with Gasteiger partial charge in [-0.1, -0.05) is 30.3 Å². The Morgan fingerprint density at radius 2 is 1.90 bits per heavy atom. The van der Waals surface area contributed by atoms with Crippen LogP contribution < -0.4 is 0 Å². The third-order valence-electron chi connectivity index (χ3n) is 5.78. The summed E-state index contributed by atoms with van der Waals surface area (Å²) in [5.74, 6) is 0. The van der Waals surface area contributed by atoms with Crippen LogP contribution in [0.25, 0.3) is 11.0 Å². The highest BCUT2D eigenvalue weighted by Gasteiger charge is 2.40. The van der Waals surface area contributed by atoms with Crippen LogP contribution in [0.2, 0.25) is 0 Å². The maximum absolute atomic E-state index is 11.4. The zero-order valence-corrected chi connectivity index (χ0v) is 16.9. The number of rotatable bonds is 6. The predicted molar refractivity (Wildman–Crippen MR) is 109 cm³/mol. The first-order valence-corrected chi connectivity index (χ1v) is 11.0. The molecule has 154 valence electrons. The van der Waals surface area contributed by atoms with Crippen LogP contribution in [0.5, 0.6) is 0 Å². The summed E-state index contributed by atoms with van der Waals surface area (Å²) < 4.78 is 35.0. The Bertz CT molecular complexity index is 1100.